The summed E-state index contributed by atoms with van der Waals surface area (Å²) in [6.45, 7) is 0. The van der Waals surface area contributed by atoms with Gasteiger partial charge in [-0.1, -0.05) is 0 Å². The van der Waals surface area contributed by atoms with Gasteiger partial charge in [0.25, 0.3) is 0 Å². The minimum atomic E-state index is -0.969. The summed E-state index contributed by atoms with van der Waals surface area (Å²) in [6, 6.07) is 4.86. The van der Waals surface area contributed by atoms with E-state index in [4.69, 9.17) is 20.8 Å². The van der Waals surface area contributed by atoms with Crippen LogP contribution in [-0.2, 0) is 11.2 Å². The van der Waals surface area contributed by atoms with E-state index in [-0.39, 0.29) is 23.4 Å². The van der Waals surface area contributed by atoms with Crippen molar-refractivity contribution in [3.8, 4) is 11.8 Å². The van der Waals surface area contributed by atoms with E-state index in [0.717, 1.165) is 0 Å². The Kier molecular flexibility index (Phi) is 3.13. The fourth-order valence-electron chi connectivity index (χ4n) is 1.30. The number of benzene rings is 1. The van der Waals surface area contributed by atoms with Gasteiger partial charge in [-0.15, -0.1) is 0 Å². The number of rotatable bonds is 3. The highest BCUT2D eigenvalue weighted by Crippen LogP contribution is 2.27. The van der Waals surface area contributed by atoms with Gasteiger partial charge in [0.1, 0.15) is 6.07 Å². The van der Waals surface area contributed by atoms with Crippen LogP contribution in [0.15, 0.2) is 12.1 Å². The molecule has 1 aromatic carbocycles. The minimum Gasteiger partial charge on any atom is -0.493 e. The van der Waals surface area contributed by atoms with Crippen LogP contribution in [0.25, 0.3) is 0 Å². The van der Waals surface area contributed by atoms with Crippen LogP contribution < -0.4 is 10.5 Å². The van der Waals surface area contributed by atoms with Gasteiger partial charge in [0.05, 0.1) is 24.8 Å². The molecule has 0 atom stereocenters. The average Bonchev–Trinajstić information content (AvgIpc) is 2.15. The van der Waals surface area contributed by atoms with Gasteiger partial charge in [0, 0.05) is 0 Å². The number of nitrogens with two attached hydrogens (primary N) is 1. The predicted octanol–water partition coefficient (Wildman–Crippen LogP) is 0.776. The molecule has 0 amide bonds. The molecule has 0 fully saturated rings. The van der Waals surface area contributed by atoms with Crippen molar-refractivity contribution in [3.05, 3.63) is 23.3 Å². The number of nitriles is 1. The zero-order valence-electron chi connectivity index (χ0n) is 8.15. The molecule has 0 aromatic heterocycles. The van der Waals surface area contributed by atoms with Crippen LogP contribution in [0.5, 0.6) is 5.75 Å². The van der Waals surface area contributed by atoms with Crippen molar-refractivity contribution in [1.82, 2.24) is 0 Å². The molecule has 0 aliphatic rings. The van der Waals surface area contributed by atoms with Crippen molar-refractivity contribution in [2.75, 3.05) is 12.8 Å². The minimum absolute atomic E-state index is 0.164. The van der Waals surface area contributed by atoms with Crippen molar-refractivity contribution in [1.29, 1.82) is 5.26 Å². The fraction of sp³-hybridized carbons (Fsp3) is 0.200. The van der Waals surface area contributed by atoms with Crippen molar-refractivity contribution in [2.45, 2.75) is 6.42 Å². The van der Waals surface area contributed by atoms with Crippen molar-refractivity contribution in [2.24, 2.45) is 0 Å². The number of aliphatic carboxylic acids is 1. The van der Waals surface area contributed by atoms with Crippen LogP contribution >= 0.6 is 0 Å². The molecule has 15 heavy (non-hydrogen) atoms. The molecule has 1 aromatic rings. The maximum Gasteiger partial charge on any atom is 0.307 e. The average molecular weight is 206 g/mol. The van der Waals surface area contributed by atoms with Gasteiger partial charge in [0.2, 0.25) is 0 Å². The number of hydrogen-bond donors (Lipinski definition) is 2. The van der Waals surface area contributed by atoms with Crippen molar-refractivity contribution < 1.29 is 14.6 Å². The second kappa shape index (κ2) is 4.33. The summed E-state index contributed by atoms with van der Waals surface area (Å²) in [5.74, 6) is -0.685. The van der Waals surface area contributed by atoms with Crippen LogP contribution in [0.1, 0.15) is 11.1 Å². The van der Waals surface area contributed by atoms with Crippen LogP contribution in [-0.4, -0.2) is 18.2 Å². The van der Waals surface area contributed by atoms with E-state index >= 15 is 0 Å². The first-order chi connectivity index (χ1) is 7.08. The molecule has 5 heteroatoms. The Morgan fingerprint density at radius 3 is 2.80 bits per heavy atom. The topological polar surface area (TPSA) is 96.3 Å². The molecule has 0 radical (unpaired) electrons. The molecule has 0 spiro atoms. The number of ether oxygens (including phenoxy) is 1. The molecule has 0 aliphatic carbocycles. The lowest BCUT2D eigenvalue weighted by Gasteiger charge is -2.08. The number of carbonyl (C=O) groups is 1. The van der Waals surface area contributed by atoms with E-state index in [0.29, 0.717) is 5.56 Å². The zero-order valence-corrected chi connectivity index (χ0v) is 8.15. The number of carboxylic acids is 1. The van der Waals surface area contributed by atoms with Gasteiger partial charge < -0.3 is 15.6 Å². The first-order valence-electron chi connectivity index (χ1n) is 4.16. The maximum atomic E-state index is 10.5. The Hall–Kier alpha value is -2.22. The zero-order chi connectivity index (χ0) is 11.4. The number of carboxylic acid groups (broad SMARTS) is 1. The van der Waals surface area contributed by atoms with Crippen LogP contribution in [0.3, 0.4) is 0 Å². The van der Waals surface area contributed by atoms with E-state index in [1.165, 1.54) is 19.2 Å². The molecule has 0 bridgehead atoms. The van der Waals surface area contributed by atoms with Gasteiger partial charge in [-0.05, 0) is 17.7 Å². The highest BCUT2D eigenvalue weighted by atomic mass is 16.5. The van der Waals surface area contributed by atoms with Gasteiger partial charge in [-0.2, -0.15) is 5.26 Å². The van der Waals surface area contributed by atoms with E-state index in [9.17, 15) is 4.79 Å². The maximum absolute atomic E-state index is 10.5. The molecule has 0 saturated carbocycles. The lowest BCUT2D eigenvalue weighted by atomic mass is 10.1. The normalized spacial score (nSPS) is 9.33. The summed E-state index contributed by atoms with van der Waals surface area (Å²) in [6.07, 6.45) is -0.164. The van der Waals surface area contributed by atoms with E-state index in [2.05, 4.69) is 0 Å². The third kappa shape index (κ3) is 2.38. The molecule has 1 rings (SSSR count). The summed E-state index contributed by atoms with van der Waals surface area (Å²) in [5, 5.41) is 17.4. The SMILES string of the molecule is COc1c(N)cc(CC(=O)O)cc1C#N. The van der Waals surface area contributed by atoms with Gasteiger partial charge in [-0.25, -0.2) is 0 Å². The van der Waals surface area contributed by atoms with Gasteiger partial charge in [-0.3, -0.25) is 4.79 Å². The van der Waals surface area contributed by atoms with Crippen molar-refractivity contribution >= 4 is 11.7 Å². The van der Waals surface area contributed by atoms with Crippen molar-refractivity contribution in [3.63, 3.8) is 0 Å². The largest absolute Gasteiger partial charge is 0.493 e. The number of anilines is 1. The first kappa shape index (κ1) is 10.9. The molecule has 3 N–H and O–H groups in total. The molecule has 0 saturated heterocycles. The Morgan fingerprint density at radius 1 is 1.67 bits per heavy atom. The van der Waals surface area contributed by atoms with Crippen LogP contribution in [0.4, 0.5) is 5.69 Å². The first-order valence-corrected chi connectivity index (χ1v) is 4.16. The Labute approximate surface area is 86.7 Å². The third-order valence-corrected chi connectivity index (χ3v) is 1.86. The second-order valence-corrected chi connectivity index (χ2v) is 2.95. The third-order valence-electron chi connectivity index (χ3n) is 1.86. The van der Waals surface area contributed by atoms with Crippen LogP contribution in [0, 0.1) is 11.3 Å². The number of methoxy groups -OCH3 is 1. The monoisotopic (exact) mass is 206 g/mol. The summed E-state index contributed by atoms with van der Waals surface area (Å²) in [7, 11) is 1.41. The molecule has 0 unspecified atom stereocenters. The Bertz CT molecular complexity index is 435. The smallest absolute Gasteiger partial charge is 0.307 e. The predicted molar refractivity (Wildman–Crippen MR) is 53.5 cm³/mol. The number of hydrogen-bond acceptors (Lipinski definition) is 4. The van der Waals surface area contributed by atoms with E-state index < -0.39 is 5.97 Å². The fourth-order valence-corrected chi connectivity index (χ4v) is 1.30. The highest BCUT2D eigenvalue weighted by molar-refractivity contribution is 5.72. The molecule has 0 aliphatic heterocycles. The van der Waals surface area contributed by atoms with Gasteiger partial charge in [0.15, 0.2) is 5.75 Å². The Balaban J connectivity index is 3.21. The van der Waals surface area contributed by atoms with Crippen LogP contribution in [0.2, 0.25) is 0 Å². The molecule has 0 heterocycles. The highest BCUT2D eigenvalue weighted by Gasteiger charge is 2.10. The molecule has 78 valence electrons. The quantitative estimate of drug-likeness (QED) is 0.712. The summed E-state index contributed by atoms with van der Waals surface area (Å²) >= 11 is 0. The molecule has 5 nitrogen and oxygen atoms in total. The summed E-state index contributed by atoms with van der Waals surface area (Å²) < 4.78 is 4.93. The summed E-state index contributed by atoms with van der Waals surface area (Å²) in [5.41, 5.74) is 6.61. The Morgan fingerprint density at radius 2 is 2.33 bits per heavy atom. The molecular weight excluding hydrogens is 196 g/mol. The van der Waals surface area contributed by atoms with Gasteiger partial charge >= 0.3 is 5.97 Å². The number of nitrogens with zero attached hydrogens (tertiary/aromatic N) is 1. The lowest BCUT2D eigenvalue weighted by molar-refractivity contribution is -0.136. The van der Waals surface area contributed by atoms with E-state index in [1.807, 2.05) is 6.07 Å². The lowest BCUT2D eigenvalue weighted by Crippen LogP contribution is -2.03. The summed E-state index contributed by atoms with van der Waals surface area (Å²) in [4.78, 5) is 10.5. The second-order valence-electron chi connectivity index (χ2n) is 2.95. The standard InChI is InChI=1S/C10H10N2O3/c1-15-10-7(5-11)2-6(3-8(10)12)4-9(13)14/h2-3H,4,12H2,1H3,(H,13,14). The molecular formula is C10H10N2O3. The van der Waals surface area contributed by atoms with E-state index in [1.54, 1.807) is 0 Å². The number of nitrogen functional groups attached to an aromatic ring is 1.